The predicted octanol–water partition coefficient (Wildman–Crippen LogP) is 4.71. The number of hydrogen-bond acceptors (Lipinski definition) is 5. The van der Waals surface area contributed by atoms with E-state index in [0.717, 1.165) is 11.1 Å². The van der Waals surface area contributed by atoms with Gasteiger partial charge in [-0.2, -0.15) is 0 Å². The number of carbonyl (C=O) groups is 3. The van der Waals surface area contributed by atoms with Crippen molar-refractivity contribution in [2.24, 2.45) is 0 Å². The van der Waals surface area contributed by atoms with E-state index in [-0.39, 0.29) is 19.6 Å². The van der Waals surface area contributed by atoms with E-state index in [9.17, 15) is 14.4 Å². The summed E-state index contributed by atoms with van der Waals surface area (Å²) < 4.78 is 10.6. The zero-order valence-electron chi connectivity index (χ0n) is 17.7. The Morgan fingerprint density at radius 2 is 1.30 bits per heavy atom. The number of amides is 2. The topological polar surface area (TPSA) is 93.7 Å². The third-order valence-corrected chi connectivity index (χ3v) is 4.78. The van der Waals surface area contributed by atoms with Crippen LogP contribution in [-0.4, -0.2) is 24.0 Å². The molecule has 0 aliphatic heterocycles. The molecule has 0 aliphatic rings. The monoisotopic (exact) mass is 466 g/mol. The zero-order chi connectivity index (χ0) is 23.5. The zero-order valence-corrected chi connectivity index (χ0v) is 18.5. The molecule has 0 heterocycles. The molecule has 0 bridgehead atoms. The van der Waals surface area contributed by atoms with Gasteiger partial charge in [-0.25, -0.2) is 9.59 Å². The van der Waals surface area contributed by atoms with Crippen molar-refractivity contribution in [2.75, 3.05) is 5.32 Å². The number of carbonyl (C=O) groups excluding carboxylic acids is 3. The summed E-state index contributed by atoms with van der Waals surface area (Å²) in [5.41, 5.74) is 2.06. The smallest absolute Gasteiger partial charge is 0.329 e. The van der Waals surface area contributed by atoms with E-state index >= 15 is 0 Å². The lowest BCUT2D eigenvalue weighted by Crippen LogP contribution is -2.45. The van der Waals surface area contributed by atoms with E-state index in [1.165, 1.54) is 0 Å². The maximum absolute atomic E-state index is 12.7. The molecule has 0 radical (unpaired) electrons. The van der Waals surface area contributed by atoms with Gasteiger partial charge in [0.1, 0.15) is 19.3 Å². The first kappa shape index (κ1) is 23.8. The van der Waals surface area contributed by atoms with Crippen LogP contribution in [0, 0.1) is 0 Å². The quantitative estimate of drug-likeness (QED) is 0.445. The van der Waals surface area contributed by atoms with Crippen LogP contribution in [0.4, 0.5) is 10.5 Å². The van der Waals surface area contributed by atoms with Gasteiger partial charge in [0, 0.05) is 10.7 Å². The predicted molar refractivity (Wildman–Crippen MR) is 124 cm³/mol. The van der Waals surface area contributed by atoms with Gasteiger partial charge in [-0.15, -0.1) is 0 Å². The molecule has 0 spiro atoms. The highest BCUT2D eigenvalue weighted by Crippen LogP contribution is 2.13. The van der Waals surface area contributed by atoms with Crippen LogP contribution >= 0.6 is 11.6 Å². The van der Waals surface area contributed by atoms with E-state index in [1.807, 2.05) is 48.5 Å². The van der Waals surface area contributed by atoms with Crippen LogP contribution in [0.1, 0.15) is 17.5 Å². The molecule has 0 saturated carbocycles. The van der Waals surface area contributed by atoms with E-state index in [1.54, 1.807) is 36.4 Å². The van der Waals surface area contributed by atoms with Crippen molar-refractivity contribution in [1.82, 2.24) is 5.32 Å². The number of rotatable bonds is 9. The van der Waals surface area contributed by atoms with Gasteiger partial charge >= 0.3 is 18.0 Å². The molecule has 0 saturated heterocycles. The van der Waals surface area contributed by atoms with E-state index in [0.29, 0.717) is 10.7 Å². The molecule has 0 fully saturated rings. The molecule has 1 atom stereocenters. The van der Waals surface area contributed by atoms with Crippen molar-refractivity contribution in [3.8, 4) is 0 Å². The van der Waals surface area contributed by atoms with Gasteiger partial charge in [0.2, 0.25) is 0 Å². The second-order valence-electron chi connectivity index (χ2n) is 7.10. The molecule has 1 unspecified atom stereocenters. The molecule has 3 rings (SSSR count). The summed E-state index contributed by atoms with van der Waals surface area (Å²) in [5, 5.41) is 5.60. The van der Waals surface area contributed by atoms with Gasteiger partial charge in [-0.3, -0.25) is 4.79 Å². The van der Waals surface area contributed by atoms with Gasteiger partial charge in [0.05, 0.1) is 6.42 Å². The second kappa shape index (κ2) is 12.3. The Hall–Kier alpha value is -3.84. The molecule has 2 amide bonds. The first-order chi connectivity index (χ1) is 16.0. The number of nitrogens with one attached hydrogen (secondary N) is 2. The van der Waals surface area contributed by atoms with Crippen molar-refractivity contribution < 1.29 is 23.9 Å². The largest absolute Gasteiger partial charge is 0.461 e. The number of hydrogen-bond donors (Lipinski definition) is 2. The number of ether oxygens (including phenoxy) is 2. The third-order valence-electron chi connectivity index (χ3n) is 4.53. The summed E-state index contributed by atoms with van der Waals surface area (Å²) in [6.45, 7) is 0.0676. The van der Waals surface area contributed by atoms with Crippen LogP contribution in [0.15, 0.2) is 84.9 Å². The Balaban J connectivity index is 1.60. The molecule has 33 heavy (non-hydrogen) atoms. The number of benzene rings is 3. The maximum atomic E-state index is 12.7. The Morgan fingerprint density at radius 3 is 1.88 bits per heavy atom. The van der Waals surface area contributed by atoms with Crippen molar-refractivity contribution >= 4 is 35.3 Å². The first-order valence-electron chi connectivity index (χ1n) is 10.2. The maximum Gasteiger partial charge on any atom is 0.329 e. The highest BCUT2D eigenvalue weighted by Gasteiger charge is 2.26. The van der Waals surface area contributed by atoms with Crippen LogP contribution in [0.25, 0.3) is 0 Å². The van der Waals surface area contributed by atoms with Gasteiger partial charge in [-0.05, 0) is 35.4 Å². The highest BCUT2D eigenvalue weighted by atomic mass is 35.5. The van der Waals surface area contributed by atoms with Crippen molar-refractivity contribution in [3.63, 3.8) is 0 Å². The van der Waals surface area contributed by atoms with Crippen LogP contribution in [-0.2, 0) is 32.3 Å². The molecule has 8 heteroatoms. The molecule has 0 aliphatic carbocycles. The molecule has 3 aromatic carbocycles. The fraction of sp³-hybridized carbons (Fsp3) is 0.160. The molecular formula is C25H23ClN2O5. The summed E-state index contributed by atoms with van der Waals surface area (Å²) in [7, 11) is 0. The second-order valence-corrected chi connectivity index (χ2v) is 7.54. The lowest BCUT2D eigenvalue weighted by Gasteiger charge is -2.18. The van der Waals surface area contributed by atoms with E-state index in [2.05, 4.69) is 10.6 Å². The minimum Gasteiger partial charge on any atom is -0.461 e. The lowest BCUT2D eigenvalue weighted by atomic mass is 10.2. The number of esters is 2. The van der Waals surface area contributed by atoms with Crippen LogP contribution in [0.5, 0.6) is 0 Å². The fourth-order valence-electron chi connectivity index (χ4n) is 2.84. The van der Waals surface area contributed by atoms with E-state index < -0.39 is 24.0 Å². The highest BCUT2D eigenvalue weighted by molar-refractivity contribution is 6.30. The van der Waals surface area contributed by atoms with Gasteiger partial charge < -0.3 is 20.1 Å². The Morgan fingerprint density at radius 1 is 0.758 bits per heavy atom. The van der Waals surface area contributed by atoms with E-state index in [4.69, 9.17) is 21.1 Å². The molecule has 3 aromatic rings. The average Bonchev–Trinajstić information content (AvgIpc) is 2.83. The first-order valence-corrected chi connectivity index (χ1v) is 10.6. The van der Waals surface area contributed by atoms with Crippen LogP contribution < -0.4 is 10.6 Å². The van der Waals surface area contributed by atoms with Crippen molar-refractivity contribution in [2.45, 2.75) is 25.7 Å². The summed E-state index contributed by atoms with van der Waals surface area (Å²) in [4.78, 5) is 37.5. The summed E-state index contributed by atoms with van der Waals surface area (Å²) in [6.07, 6.45) is -0.380. The minimum absolute atomic E-state index is 0.00964. The summed E-state index contributed by atoms with van der Waals surface area (Å²) in [6, 6.07) is 22.8. The third kappa shape index (κ3) is 8.31. The average molecular weight is 467 g/mol. The van der Waals surface area contributed by atoms with Gasteiger partial charge in [-0.1, -0.05) is 72.3 Å². The Labute approximate surface area is 196 Å². The number of halogens is 1. The standard InChI is InChI=1S/C25H23ClN2O5/c26-20-11-13-21(14-12-20)27-25(31)28-22(24(30)33-17-19-9-5-2-6-10-19)15-23(29)32-16-18-7-3-1-4-8-18/h1-14,22H,15-17H2,(H2,27,28,31). The van der Waals surface area contributed by atoms with Crippen molar-refractivity contribution in [3.05, 3.63) is 101 Å². The Kier molecular flexibility index (Phi) is 8.85. The van der Waals surface area contributed by atoms with Gasteiger partial charge in [0.25, 0.3) is 0 Å². The minimum atomic E-state index is -1.23. The molecule has 2 N–H and O–H groups in total. The van der Waals surface area contributed by atoms with Gasteiger partial charge in [0.15, 0.2) is 0 Å². The van der Waals surface area contributed by atoms with Crippen molar-refractivity contribution in [1.29, 1.82) is 0 Å². The summed E-state index contributed by atoms with van der Waals surface area (Å²) in [5.74, 6) is -1.39. The Bertz CT molecular complexity index is 1060. The van der Waals surface area contributed by atoms with Crippen LogP contribution in [0.2, 0.25) is 5.02 Å². The number of urea groups is 1. The lowest BCUT2D eigenvalue weighted by molar-refractivity contribution is -0.153. The summed E-state index contributed by atoms with van der Waals surface area (Å²) >= 11 is 5.85. The molecule has 0 aromatic heterocycles. The molecular weight excluding hydrogens is 444 g/mol. The molecule has 7 nitrogen and oxygen atoms in total. The molecule has 170 valence electrons. The number of anilines is 1. The van der Waals surface area contributed by atoms with Crippen LogP contribution in [0.3, 0.4) is 0 Å². The SMILES string of the molecule is O=C(Nc1ccc(Cl)cc1)NC(CC(=O)OCc1ccccc1)C(=O)OCc1ccccc1. The fourth-order valence-corrected chi connectivity index (χ4v) is 2.97. The normalized spacial score (nSPS) is 11.2.